The van der Waals surface area contributed by atoms with Gasteiger partial charge in [0.1, 0.15) is 6.54 Å². The Balaban J connectivity index is 1.56. The van der Waals surface area contributed by atoms with Crippen molar-refractivity contribution in [2.24, 2.45) is 5.73 Å². The van der Waals surface area contributed by atoms with Gasteiger partial charge < -0.3 is 20.3 Å². The number of amides is 1. The molecule has 2 N–H and O–H groups in total. The molecule has 5 rings (SSSR count). The van der Waals surface area contributed by atoms with E-state index in [-0.39, 0.29) is 31.5 Å². The van der Waals surface area contributed by atoms with Crippen molar-refractivity contribution in [3.8, 4) is 11.8 Å². The number of rotatable bonds is 7. The average Bonchev–Trinajstić information content (AvgIpc) is 3.39. The van der Waals surface area contributed by atoms with E-state index in [0.29, 0.717) is 18.2 Å². The van der Waals surface area contributed by atoms with Crippen LogP contribution in [0.2, 0.25) is 0 Å². The van der Waals surface area contributed by atoms with Gasteiger partial charge in [-0.2, -0.15) is 0 Å². The second kappa shape index (κ2) is 11.5. The first-order valence-corrected chi connectivity index (χ1v) is 13.0. The summed E-state index contributed by atoms with van der Waals surface area (Å²) in [5.74, 6) is 5.54. The molecule has 1 saturated heterocycles. The average molecular weight is 526 g/mol. The molecular weight excluding hydrogens is 494 g/mol. The summed E-state index contributed by atoms with van der Waals surface area (Å²) >= 11 is 0. The summed E-state index contributed by atoms with van der Waals surface area (Å²) in [6.45, 7) is 3.16. The summed E-state index contributed by atoms with van der Waals surface area (Å²) in [4.78, 5) is 34.8. The second-order valence-electron chi connectivity index (χ2n) is 9.54. The van der Waals surface area contributed by atoms with Crippen LogP contribution in [0, 0.1) is 11.8 Å². The molecule has 10 heteroatoms. The van der Waals surface area contributed by atoms with Gasteiger partial charge in [0.15, 0.2) is 0 Å². The Bertz CT molecular complexity index is 1590. The minimum absolute atomic E-state index is 0.0170. The van der Waals surface area contributed by atoms with Gasteiger partial charge in [-0.15, -0.1) is 16.1 Å². The van der Waals surface area contributed by atoms with Crippen molar-refractivity contribution in [3.05, 3.63) is 60.0 Å². The molecule has 39 heavy (non-hydrogen) atoms. The molecular formula is C29H31N7O3. The monoisotopic (exact) mass is 525 g/mol. The number of anilines is 1. The van der Waals surface area contributed by atoms with Gasteiger partial charge in [0.25, 0.3) is 5.91 Å². The molecule has 0 bridgehead atoms. The number of nitrogens with zero attached hydrogens (tertiary/aromatic N) is 6. The van der Waals surface area contributed by atoms with Crippen molar-refractivity contribution in [3.63, 3.8) is 0 Å². The molecule has 2 aromatic heterocycles. The Kier molecular flexibility index (Phi) is 7.70. The number of benzene rings is 2. The lowest BCUT2D eigenvalue weighted by Crippen LogP contribution is -2.44. The number of pyridine rings is 1. The van der Waals surface area contributed by atoms with Gasteiger partial charge in [-0.25, -0.2) is 0 Å². The smallest absolute Gasteiger partial charge is 0.325 e. The maximum atomic E-state index is 14.0. The largest absolute Gasteiger partial charge is 0.468 e. The quantitative estimate of drug-likeness (QED) is 0.222. The van der Waals surface area contributed by atoms with Crippen LogP contribution in [0.1, 0.15) is 36.1 Å². The number of hydrogen-bond donors (Lipinski definition) is 1. The summed E-state index contributed by atoms with van der Waals surface area (Å²) in [7, 11) is 1.30. The fourth-order valence-corrected chi connectivity index (χ4v) is 5.02. The van der Waals surface area contributed by atoms with E-state index in [1.165, 1.54) is 12.0 Å². The molecule has 10 nitrogen and oxygen atoms in total. The van der Waals surface area contributed by atoms with E-state index in [2.05, 4.69) is 22.0 Å². The highest BCUT2D eigenvalue weighted by atomic mass is 16.5. The van der Waals surface area contributed by atoms with E-state index in [9.17, 15) is 9.59 Å². The summed E-state index contributed by atoms with van der Waals surface area (Å²) in [5, 5.41) is 11.6. The highest BCUT2D eigenvalue weighted by molar-refractivity contribution is 6.06. The zero-order valence-corrected chi connectivity index (χ0v) is 22.1. The Hall–Kier alpha value is -4.49. The van der Waals surface area contributed by atoms with Crippen LogP contribution in [-0.4, -0.2) is 69.3 Å². The molecule has 0 radical (unpaired) electrons. The molecule has 1 amide bonds. The third-order valence-electron chi connectivity index (χ3n) is 6.94. The molecule has 0 spiro atoms. The lowest BCUT2D eigenvalue weighted by molar-refractivity contribution is -0.141. The maximum Gasteiger partial charge on any atom is 0.325 e. The van der Waals surface area contributed by atoms with E-state index in [1.807, 2.05) is 53.4 Å². The predicted molar refractivity (Wildman–Crippen MR) is 149 cm³/mol. The van der Waals surface area contributed by atoms with E-state index < -0.39 is 11.9 Å². The van der Waals surface area contributed by atoms with E-state index in [4.69, 9.17) is 15.5 Å². The number of aromatic nitrogens is 4. The number of piperidine rings is 1. The molecule has 1 aliphatic rings. The van der Waals surface area contributed by atoms with Crippen molar-refractivity contribution in [1.29, 1.82) is 0 Å². The Morgan fingerprint density at radius 2 is 1.85 bits per heavy atom. The molecule has 200 valence electrons. The minimum Gasteiger partial charge on any atom is -0.468 e. The van der Waals surface area contributed by atoms with Gasteiger partial charge in [0, 0.05) is 29.9 Å². The van der Waals surface area contributed by atoms with Gasteiger partial charge in [0.05, 0.1) is 31.4 Å². The van der Waals surface area contributed by atoms with Crippen molar-refractivity contribution < 1.29 is 14.3 Å². The number of methoxy groups -OCH3 is 1. The fourth-order valence-electron chi connectivity index (χ4n) is 5.02. The summed E-state index contributed by atoms with van der Waals surface area (Å²) in [5.41, 5.74) is 7.68. The summed E-state index contributed by atoms with van der Waals surface area (Å²) in [6, 6.07) is 15.8. The topological polar surface area (TPSA) is 119 Å². The molecule has 3 heterocycles. The van der Waals surface area contributed by atoms with E-state index in [1.54, 1.807) is 11.5 Å². The third-order valence-corrected chi connectivity index (χ3v) is 6.94. The van der Waals surface area contributed by atoms with Gasteiger partial charge in [-0.3, -0.25) is 19.1 Å². The minimum atomic E-state index is -0.546. The zero-order chi connectivity index (χ0) is 27.4. The SMILES string of the molecule is CC#CCn1c(C(=O)N(CC(=O)OC)Cc2nc3ccccc3c3ccccc23)nnc1N1CCCC(N)C1. The van der Waals surface area contributed by atoms with Crippen LogP contribution in [0.25, 0.3) is 21.7 Å². The van der Waals surface area contributed by atoms with Crippen LogP contribution >= 0.6 is 0 Å². The van der Waals surface area contributed by atoms with Gasteiger partial charge >= 0.3 is 5.97 Å². The Labute approximate surface area is 226 Å². The van der Waals surface area contributed by atoms with E-state index >= 15 is 0 Å². The number of para-hydroxylation sites is 1. The standard InChI is InChI=1S/C29H31N7O3/c1-3-4-16-36-27(32-33-29(36)34-15-9-10-20(30)17-34)28(38)35(19-26(37)39-2)18-25-23-13-6-5-11-21(23)22-12-7-8-14-24(22)31-25/h5-8,11-14,20H,9-10,15-19,30H2,1-2H3. The molecule has 1 atom stereocenters. The molecule has 2 aromatic carbocycles. The van der Waals surface area contributed by atoms with Gasteiger partial charge in [-0.1, -0.05) is 48.4 Å². The summed E-state index contributed by atoms with van der Waals surface area (Å²) < 4.78 is 6.63. The number of nitrogens with two attached hydrogens (primary N) is 1. The van der Waals surface area contributed by atoms with Crippen LogP contribution in [0.3, 0.4) is 0 Å². The Morgan fingerprint density at radius 1 is 1.10 bits per heavy atom. The normalized spacial score (nSPS) is 15.2. The molecule has 0 saturated carbocycles. The van der Waals surface area contributed by atoms with Crippen LogP contribution in [0.4, 0.5) is 5.95 Å². The molecule has 1 unspecified atom stereocenters. The highest BCUT2D eigenvalue weighted by Crippen LogP contribution is 2.27. The number of ether oxygens (including phenoxy) is 1. The zero-order valence-electron chi connectivity index (χ0n) is 22.1. The predicted octanol–water partition coefficient (Wildman–Crippen LogP) is 2.75. The van der Waals surface area contributed by atoms with Crippen molar-refractivity contribution in [2.45, 2.75) is 38.9 Å². The van der Waals surface area contributed by atoms with Crippen LogP contribution in [-0.2, 0) is 22.6 Å². The number of carbonyl (C=O) groups excluding carboxylic acids is 2. The lowest BCUT2D eigenvalue weighted by atomic mass is 10.0. The highest BCUT2D eigenvalue weighted by Gasteiger charge is 2.30. The third kappa shape index (κ3) is 5.40. The first-order chi connectivity index (χ1) is 19.0. The first kappa shape index (κ1) is 26.1. The van der Waals surface area contributed by atoms with Crippen molar-refractivity contribution in [2.75, 3.05) is 31.6 Å². The van der Waals surface area contributed by atoms with Crippen LogP contribution < -0.4 is 10.6 Å². The molecule has 1 aliphatic heterocycles. The Morgan fingerprint density at radius 3 is 2.59 bits per heavy atom. The van der Waals surface area contributed by atoms with Crippen LogP contribution in [0.15, 0.2) is 48.5 Å². The number of esters is 1. The van der Waals surface area contributed by atoms with Crippen molar-refractivity contribution in [1.82, 2.24) is 24.6 Å². The molecule has 1 fully saturated rings. The fraction of sp³-hybridized carbons (Fsp3) is 0.345. The van der Waals surface area contributed by atoms with Gasteiger partial charge in [0.2, 0.25) is 11.8 Å². The second-order valence-corrected chi connectivity index (χ2v) is 9.54. The molecule has 4 aromatic rings. The molecule has 0 aliphatic carbocycles. The lowest BCUT2D eigenvalue weighted by Gasteiger charge is -2.31. The number of carbonyl (C=O) groups is 2. The van der Waals surface area contributed by atoms with Crippen molar-refractivity contribution >= 4 is 39.5 Å². The van der Waals surface area contributed by atoms with Crippen LogP contribution in [0.5, 0.6) is 0 Å². The van der Waals surface area contributed by atoms with E-state index in [0.717, 1.165) is 41.1 Å². The summed E-state index contributed by atoms with van der Waals surface area (Å²) in [6.07, 6.45) is 1.86. The number of hydrogen-bond acceptors (Lipinski definition) is 8. The number of fused-ring (bicyclic) bond motifs is 3. The van der Waals surface area contributed by atoms with Gasteiger partial charge in [-0.05, 0) is 31.2 Å². The first-order valence-electron chi connectivity index (χ1n) is 13.0. The maximum absolute atomic E-state index is 14.0.